The number of aryl methyl sites for hydroxylation is 2. The summed E-state index contributed by atoms with van der Waals surface area (Å²) >= 11 is 1.46. The number of carbonyl (C=O) groups is 1. The number of thiophene rings is 1. The molecule has 1 N–H and O–H groups in total. The molecule has 0 aliphatic rings. The lowest BCUT2D eigenvalue weighted by molar-refractivity contribution is -0.115. The van der Waals surface area contributed by atoms with Crippen LogP contribution in [0.4, 0.5) is 5.69 Å². The maximum atomic E-state index is 12.5. The number of aromatic nitrogens is 3. The van der Waals surface area contributed by atoms with Gasteiger partial charge in [-0.15, -0.1) is 11.3 Å². The maximum absolute atomic E-state index is 12.5. The van der Waals surface area contributed by atoms with E-state index < -0.39 is 0 Å². The van der Waals surface area contributed by atoms with Gasteiger partial charge in [-0.05, 0) is 30.0 Å². The summed E-state index contributed by atoms with van der Waals surface area (Å²) in [5.41, 5.74) is 2.81. The second kappa shape index (κ2) is 6.18. The first-order valence-electron chi connectivity index (χ1n) is 7.83. The molecule has 1 amide bonds. The summed E-state index contributed by atoms with van der Waals surface area (Å²) < 4.78 is 7.24. The molecule has 0 saturated heterocycles. The van der Waals surface area contributed by atoms with E-state index in [1.165, 1.54) is 11.3 Å². The van der Waals surface area contributed by atoms with E-state index in [1.807, 2.05) is 53.5 Å². The SMILES string of the molecule is Cc1noc(-c2sccc2NC(=O)Cc2cn(C)c3ccccc23)n1. The van der Waals surface area contributed by atoms with E-state index in [2.05, 4.69) is 15.5 Å². The number of carbonyl (C=O) groups excluding carboxylic acids is 1. The monoisotopic (exact) mass is 352 g/mol. The predicted molar refractivity (Wildman–Crippen MR) is 97.6 cm³/mol. The normalized spacial score (nSPS) is 11.1. The molecule has 0 radical (unpaired) electrons. The molecule has 4 aromatic rings. The van der Waals surface area contributed by atoms with E-state index in [4.69, 9.17) is 4.52 Å². The van der Waals surface area contributed by atoms with Crippen LogP contribution in [0.25, 0.3) is 21.7 Å². The number of anilines is 1. The van der Waals surface area contributed by atoms with Crippen LogP contribution in [0.3, 0.4) is 0 Å². The highest BCUT2D eigenvalue weighted by atomic mass is 32.1. The average molecular weight is 352 g/mol. The second-order valence-corrected chi connectivity index (χ2v) is 6.73. The summed E-state index contributed by atoms with van der Waals surface area (Å²) in [4.78, 5) is 17.5. The van der Waals surface area contributed by atoms with Crippen molar-refractivity contribution in [2.75, 3.05) is 5.32 Å². The second-order valence-electron chi connectivity index (χ2n) is 5.82. The smallest absolute Gasteiger partial charge is 0.270 e. The molecule has 0 fully saturated rings. The zero-order chi connectivity index (χ0) is 17.4. The van der Waals surface area contributed by atoms with E-state index >= 15 is 0 Å². The molecule has 1 aromatic carbocycles. The Labute approximate surface area is 148 Å². The summed E-state index contributed by atoms with van der Waals surface area (Å²) in [7, 11) is 1.98. The molecule has 3 aromatic heterocycles. The molecule has 3 heterocycles. The van der Waals surface area contributed by atoms with Crippen LogP contribution in [0.2, 0.25) is 0 Å². The van der Waals surface area contributed by atoms with Crippen LogP contribution in [0.1, 0.15) is 11.4 Å². The first kappa shape index (κ1) is 15.6. The molecular formula is C18H16N4O2S. The Balaban J connectivity index is 1.56. The van der Waals surface area contributed by atoms with Gasteiger partial charge in [0, 0.05) is 24.1 Å². The molecule has 0 aliphatic heterocycles. The Hall–Kier alpha value is -2.93. The van der Waals surface area contributed by atoms with Crippen molar-refractivity contribution in [2.24, 2.45) is 7.05 Å². The summed E-state index contributed by atoms with van der Waals surface area (Å²) in [6, 6.07) is 9.91. The van der Waals surface area contributed by atoms with Gasteiger partial charge in [0.25, 0.3) is 5.89 Å². The molecule has 6 nitrogen and oxygen atoms in total. The van der Waals surface area contributed by atoms with Crippen LogP contribution in [0, 0.1) is 6.92 Å². The van der Waals surface area contributed by atoms with Crippen molar-refractivity contribution in [3.05, 3.63) is 53.3 Å². The van der Waals surface area contributed by atoms with Gasteiger partial charge in [-0.1, -0.05) is 23.4 Å². The highest BCUT2D eigenvalue weighted by molar-refractivity contribution is 7.14. The Morgan fingerprint density at radius 1 is 1.32 bits per heavy atom. The highest BCUT2D eigenvalue weighted by Gasteiger charge is 2.16. The Morgan fingerprint density at radius 2 is 2.16 bits per heavy atom. The van der Waals surface area contributed by atoms with Gasteiger partial charge in [0.15, 0.2) is 5.82 Å². The van der Waals surface area contributed by atoms with Gasteiger partial charge in [0.05, 0.1) is 12.1 Å². The summed E-state index contributed by atoms with van der Waals surface area (Å²) in [6.45, 7) is 1.76. The molecular weight excluding hydrogens is 336 g/mol. The molecule has 4 rings (SSSR count). The van der Waals surface area contributed by atoms with Crippen molar-refractivity contribution in [3.8, 4) is 10.8 Å². The first-order chi connectivity index (χ1) is 12.1. The fourth-order valence-electron chi connectivity index (χ4n) is 2.90. The van der Waals surface area contributed by atoms with E-state index in [0.717, 1.165) is 21.3 Å². The van der Waals surface area contributed by atoms with Crippen LogP contribution in [0.5, 0.6) is 0 Å². The number of benzene rings is 1. The molecule has 0 unspecified atom stereocenters. The van der Waals surface area contributed by atoms with Gasteiger partial charge in [0.1, 0.15) is 4.88 Å². The number of fused-ring (bicyclic) bond motifs is 1. The molecule has 0 bridgehead atoms. The quantitative estimate of drug-likeness (QED) is 0.607. The van der Waals surface area contributed by atoms with E-state index in [9.17, 15) is 4.79 Å². The number of nitrogens with one attached hydrogen (secondary N) is 1. The first-order valence-corrected chi connectivity index (χ1v) is 8.71. The maximum Gasteiger partial charge on any atom is 0.270 e. The van der Waals surface area contributed by atoms with E-state index in [1.54, 1.807) is 6.92 Å². The Morgan fingerprint density at radius 3 is 2.96 bits per heavy atom. The molecule has 0 aliphatic carbocycles. The van der Waals surface area contributed by atoms with Gasteiger partial charge in [-0.25, -0.2) is 0 Å². The van der Waals surface area contributed by atoms with Crippen molar-refractivity contribution in [1.82, 2.24) is 14.7 Å². The number of nitrogens with zero attached hydrogens (tertiary/aromatic N) is 3. The largest absolute Gasteiger partial charge is 0.350 e. The molecule has 0 saturated carbocycles. The zero-order valence-corrected chi connectivity index (χ0v) is 14.6. The third-order valence-electron chi connectivity index (χ3n) is 3.99. The fourth-order valence-corrected chi connectivity index (χ4v) is 3.67. The minimum Gasteiger partial charge on any atom is -0.350 e. The molecule has 7 heteroatoms. The minimum absolute atomic E-state index is 0.0766. The summed E-state index contributed by atoms with van der Waals surface area (Å²) in [5.74, 6) is 0.914. The lowest BCUT2D eigenvalue weighted by atomic mass is 10.1. The highest BCUT2D eigenvalue weighted by Crippen LogP contribution is 2.32. The van der Waals surface area contributed by atoms with Crippen molar-refractivity contribution in [3.63, 3.8) is 0 Å². The number of amides is 1. The Bertz CT molecular complexity index is 1060. The van der Waals surface area contributed by atoms with Crippen LogP contribution < -0.4 is 5.32 Å². The average Bonchev–Trinajstić information content (AvgIpc) is 3.29. The molecule has 0 atom stereocenters. The lowest BCUT2D eigenvalue weighted by Crippen LogP contribution is -2.14. The van der Waals surface area contributed by atoms with Crippen LogP contribution in [-0.2, 0) is 18.3 Å². The number of hydrogen-bond acceptors (Lipinski definition) is 5. The predicted octanol–water partition coefficient (Wildman–Crippen LogP) is 3.78. The van der Waals surface area contributed by atoms with E-state index in [-0.39, 0.29) is 5.91 Å². The van der Waals surface area contributed by atoms with Crippen molar-refractivity contribution in [1.29, 1.82) is 0 Å². The van der Waals surface area contributed by atoms with Crippen molar-refractivity contribution in [2.45, 2.75) is 13.3 Å². The summed E-state index contributed by atoms with van der Waals surface area (Å²) in [6.07, 6.45) is 2.31. The number of rotatable bonds is 4. The summed E-state index contributed by atoms with van der Waals surface area (Å²) in [5, 5.41) is 9.74. The van der Waals surface area contributed by atoms with Gasteiger partial charge in [-0.2, -0.15) is 4.98 Å². The topological polar surface area (TPSA) is 73.0 Å². The molecule has 0 spiro atoms. The van der Waals surface area contributed by atoms with E-state index in [0.29, 0.717) is 23.8 Å². The third kappa shape index (κ3) is 2.94. The van der Waals surface area contributed by atoms with Gasteiger partial charge >= 0.3 is 0 Å². The van der Waals surface area contributed by atoms with Crippen molar-refractivity contribution >= 4 is 33.8 Å². The van der Waals surface area contributed by atoms with Gasteiger partial charge in [0.2, 0.25) is 5.91 Å². The zero-order valence-electron chi connectivity index (χ0n) is 13.8. The minimum atomic E-state index is -0.0766. The number of para-hydroxylation sites is 1. The molecule has 25 heavy (non-hydrogen) atoms. The van der Waals surface area contributed by atoms with Crippen LogP contribution >= 0.6 is 11.3 Å². The van der Waals surface area contributed by atoms with Crippen molar-refractivity contribution < 1.29 is 9.32 Å². The van der Waals surface area contributed by atoms with Crippen LogP contribution in [0.15, 0.2) is 46.4 Å². The fraction of sp³-hybridized carbons (Fsp3) is 0.167. The molecule has 126 valence electrons. The van der Waals surface area contributed by atoms with Gasteiger partial charge in [-0.3, -0.25) is 4.79 Å². The number of hydrogen-bond donors (Lipinski definition) is 1. The Kier molecular flexibility index (Phi) is 3.85. The lowest BCUT2D eigenvalue weighted by Gasteiger charge is -2.04. The van der Waals surface area contributed by atoms with Crippen LogP contribution in [-0.4, -0.2) is 20.6 Å². The van der Waals surface area contributed by atoms with Gasteiger partial charge < -0.3 is 14.4 Å². The standard InChI is InChI=1S/C18H16N4O2S/c1-11-19-18(24-21-11)17-14(7-8-25-17)20-16(23)9-12-10-22(2)15-6-4-3-5-13(12)15/h3-8,10H,9H2,1-2H3,(H,20,23). The third-order valence-corrected chi connectivity index (χ3v) is 4.89.